The number of hydrogen-bond donors (Lipinski definition) is 1. The van der Waals surface area contributed by atoms with Crippen molar-refractivity contribution < 1.29 is 13.0 Å². The zero-order chi connectivity index (χ0) is 9.99. The maximum Gasteiger partial charge on any atom is 0.265 e. The second-order valence-electron chi connectivity index (χ2n) is 3.57. The van der Waals surface area contributed by atoms with Crippen LogP contribution in [0, 0.1) is 5.41 Å². The molecule has 0 aliphatic rings. The lowest BCUT2D eigenvalue weighted by Gasteiger charge is -2.24. The van der Waals surface area contributed by atoms with Crippen molar-refractivity contribution in [3.8, 4) is 0 Å². The number of allylic oxidation sites excluding steroid dienone is 1. The van der Waals surface area contributed by atoms with Crippen LogP contribution in [0.15, 0.2) is 12.2 Å². The van der Waals surface area contributed by atoms with Gasteiger partial charge in [-0.15, -0.1) is 0 Å². The van der Waals surface area contributed by atoms with Gasteiger partial charge in [0.05, 0.1) is 5.75 Å². The molecular weight excluding hydrogens is 176 g/mol. The average Bonchev–Trinajstić information content (AvgIpc) is 1.80. The number of hydrogen-bond acceptors (Lipinski definition) is 2. The van der Waals surface area contributed by atoms with Crippen LogP contribution in [0.5, 0.6) is 0 Å². The first-order valence-corrected chi connectivity index (χ1v) is 5.43. The SMILES string of the molecule is C=C(CC)C(C)(C)CS(=O)(=O)O. The van der Waals surface area contributed by atoms with Crippen molar-refractivity contribution in [3.63, 3.8) is 0 Å². The topological polar surface area (TPSA) is 54.4 Å². The molecule has 0 aromatic heterocycles. The minimum Gasteiger partial charge on any atom is -0.286 e. The van der Waals surface area contributed by atoms with Crippen molar-refractivity contribution in [1.82, 2.24) is 0 Å². The van der Waals surface area contributed by atoms with Gasteiger partial charge in [-0.05, 0) is 6.42 Å². The summed E-state index contributed by atoms with van der Waals surface area (Å²) < 4.78 is 29.8. The lowest BCUT2D eigenvalue weighted by molar-refractivity contribution is 0.433. The number of rotatable bonds is 4. The molecule has 0 amide bonds. The molecule has 0 bridgehead atoms. The van der Waals surface area contributed by atoms with Gasteiger partial charge in [-0.3, -0.25) is 4.55 Å². The minimum absolute atomic E-state index is 0.257. The molecule has 0 aromatic carbocycles. The molecule has 72 valence electrons. The second-order valence-corrected chi connectivity index (χ2v) is 5.02. The molecule has 0 saturated heterocycles. The van der Waals surface area contributed by atoms with Crippen LogP contribution in [0.3, 0.4) is 0 Å². The molecule has 0 aliphatic heterocycles. The highest BCUT2D eigenvalue weighted by Gasteiger charge is 2.26. The molecule has 12 heavy (non-hydrogen) atoms. The summed E-state index contributed by atoms with van der Waals surface area (Å²) in [5.74, 6) is -0.257. The van der Waals surface area contributed by atoms with Crippen molar-refractivity contribution in [2.24, 2.45) is 5.41 Å². The predicted molar refractivity (Wildman–Crippen MR) is 49.6 cm³/mol. The van der Waals surface area contributed by atoms with E-state index in [1.54, 1.807) is 13.8 Å². The molecule has 0 aromatic rings. The van der Waals surface area contributed by atoms with Crippen LogP contribution in [-0.2, 0) is 10.1 Å². The lowest BCUT2D eigenvalue weighted by atomic mass is 9.86. The van der Waals surface area contributed by atoms with E-state index in [9.17, 15) is 8.42 Å². The molecule has 3 nitrogen and oxygen atoms in total. The Morgan fingerprint density at radius 1 is 1.50 bits per heavy atom. The summed E-state index contributed by atoms with van der Waals surface area (Å²) in [7, 11) is -3.90. The maximum absolute atomic E-state index is 10.6. The standard InChI is InChI=1S/C8H16O3S/c1-5-7(2)8(3,4)6-12(9,10)11/h2,5-6H2,1,3-4H3,(H,9,10,11). The van der Waals surface area contributed by atoms with E-state index < -0.39 is 15.5 Å². The smallest absolute Gasteiger partial charge is 0.265 e. The van der Waals surface area contributed by atoms with Gasteiger partial charge in [-0.1, -0.05) is 32.9 Å². The molecule has 0 fully saturated rings. The highest BCUT2D eigenvalue weighted by Crippen LogP contribution is 2.28. The van der Waals surface area contributed by atoms with Gasteiger partial charge in [0.2, 0.25) is 0 Å². The Bertz CT molecular complexity index is 262. The Morgan fingerprint density at radius 3 is 2.17 bits per heavy atom. The molecule has 0 rings (SSSR count). The summed E-state index contributed by atoms with van der Waals surface area (Å²) in [4.78, 5) is 0. The first-order chi connectivity index (χ1) is 5.19. The largest absolute Gasteiger partial charge is 0.286 e. The Kier molecular flexibility index (Phi) is 3.47. The van der Waals surface area contributed by atoms with Gasteiger partial charge in [0.1, 0.15) is 0 Å². The Morgan fingerprint density at radius 2 is 1.92 bits per heavy atom. The average molecular weight is 192 g/mol. The molecule has 0 aliphatic carbocycles. The highest BCUT2D eigenvalue weighted by atomic mass is 32.2. The van der Waals surface area contributed by atoms with Gasteiger partial charge < -0.3 is 0 Å². The summed E-state index contributed by atoms with van der Waals surface area (Å²) in [6.07, 6.45) is 0.725. The highest BCUT2D eigenvalue weighted by molar-refractivity contribution is 7.85. The normalized spacial score (nSPS) is 13.0. The third-order valence-corrected chi connectivity index (χ3v) is 3.01. The van der Waals surface area contributed by atoms with Gasteiger partial charge >= 0.3 is 0 Å². The summed E-state index contributed by atoms with van der Waals surface area (Å²) >= 11 is 0. The Labute approximate surface area is 74.2 Å². The Hall–Kier alpha value is -0.350. The summed E-state index contributed by atoms with van der Waals surface area (Å²) in [5.41, 5.74) is 0.294. The summed E-state index contributed by atoms with van der Waals surface area (Å²) in [6, 6.07) is 0. The summed E-state index contributed by atoms with van der Waals surface area (Å²) in [5, 5.41) is 0. The van der Waals surface area contributed by atoms with Crippen molar-refractivity contribution in [2.75, 3.05) is 5.75 Å². The third-order valence-electron chi connectivity index (χ3n) is 1.93. The van der Waals surface area contributed by atoms with Gasteiger partial charge in [-0.25, -0.2) is 0 Å². The van der Waals surface area contributed by atoms with Crippen LogP contribution in [0.1, 0.15) is 27.2 Å². The van der Waals surface area contributed by atoms with Crippen LogP contribution >= 0.6 is 0 Å². The molecule has 0 unspecified atom stereocenters. The van der Waals surface area contributed by atoms with Crippen LogP contribution in [-0.4, -0.2) is 18.7 Å². The van der Waals surface area contributed by atoms with E-state index >= 15 is 0 Å². The fourth-order valence-electron chi connectivity index (χ4n) is 1.04. The molecule has 4 heteroatoms. The zero-order valence-corrected chi connectivity index (χ0v) is 8.61. The summed E-state index contributed by atoms with van der Waals surface area (Å²) in [6.45, 7) is 9.18. The predicted octanol–water partition coefficient (Wildman–Crippen LogP) is 1.87. The van der Waals surface area contributed by atoms with E-state index in [1.165, 1.54) is 0 Å². The molecule has 1 N–H and O–H groups in total. The van der Waals surface area contributed by atoms with Crippen LogP contribution < -0.4 is 0 Å². The van der Waals surface area contributed by atoms with Gasteiger partial charge in [-0.2, -0.15) is 8.42 Å². The molecule has 0 saturated carbocycles. The molecular formula is C8H16O3S. The fraction of sp³-hybridized carbons (Fsp3) is 0.750. The molecule has 0 spiro atoms. The quantitative estimate of drug-likeness (QED) is 0.546. The van der Waals surface area contributed by atoms with Crippen LogP contribution in [0.25, 0.3) is 0 Å². The van der Waals surface area contributed by atoms with E-state index in [2.05, 4.69) is 6.58 Å². The van der Waals surface area contributed by atoms with Crippen molar-refractivity contribution in [3.05, 3.63) is 12.2 Å². The minimum atomic E-state index is -3.90. The molecule has 0 heterocycles. The van der Waals surface area contributed by atoms with E-state index in [1.807, 2.05) is 6.92 Å². The van der Waals surface area contributed by atoms with E-state index in [-0.39, 0.29) is 5.75 Å². The van der Waals surface area contributed by atoms with Crippen LogP contribution in [0.2, 0.25) is 0 Å². The van der Waals surface area contributed by atoms with Gasteiger partial charge in [0.15, 0.2) is 0 Å². The van der Waals surface area contributed by atoms with Crippen molar-refractivity contribution >= 4 is 10.1 Å². The first-order valence-electron chi connectivity index (χ1n) is 3.82. The lowest BCUT2D eigenvalue weighted by Crippen LogP contribution is -2.25. The van der Waals surface area contributed by atoms with Crippen LogP contribution in [0.4, 0.5) is 0 Å². The van der Waals surface area contributed by atoms with E-state index in [4.69, 9.17) is 4.55 Å². The molecule has 0 radical (unpaired) electrons. The zero-order valence-electron chi connectivity index (χ0n) is 7.79. The monoisotopic (exact) mass is 192 g/mol. The fourth-order valence-corrected chi connectivity index (χ4v) is 2.15. The first kappa shape index (κ1) is 11.6. The van der Waals surface area contributed by atoms with E-state index in [0.717, 1.165) is 12.0 Å². The van der Waals surface area contributed by atoms with E-state index in [0.29, 0.717) is 0 Å². The van der Waals surface area contributed by atoms with Gasteiger partial charge in [0, 0.05) is 5.41 Å². The molecule has 0 atom stereocenters. The second kappa shape index (κ2) is 3.58. The third kappa shape index (κ3) is 3.88. The Balaban J connectivity index is 4.54. The maximum atomic E-state index is 10.6. The van der Waals surface area contributed by atoms with Crippen molar-refractivity contribution in [1.29, 1.82) is 0 Å². The van der Waals surface area contributed by atoms with Gasteiger partial charge in [0.25, 0.3) is 10.1 Å². The van der Waals surface area contributed by atoms with Crippen molar-refractivity contribution in [2.45, 2.75) is 27.2 Å².